The van der Waals surface area contributed by atoms with E-state index in [1.807, 2.05) is 0 Å². The third kappa shape index (κ3) is 5.98. The van der Waals surface area contributed by atoms with E-state index in [0.29, 0.717) is 29.7 Å². The molecular weight excluding hydrogens is 493 g/mol. The number of fused-ring (bicyclic) bond motifs is 1. The summed E-state index contributed by atoms with van der Waals surface area (Å²) in [7, 11) is -3.28. The van der Waals surface area contributed by atoms with Gasteiger partial charge in [-0.1, -0.05) is 19.1 Å². The molecule has 10 heteroatoms. The summed E-state index contributed by atoms with van der Waals surface area (Å²) in [6.45, 7) is 1.81. The molecule has 0 atom stereocenters. The SMILES string of the molecule is CCS(=O)(=O)c1ccc(CNC(=O)c2ccc3c(O[C@H]4CC[C@@H](C(F)(F)F)CC4)nccc3c2)cc1. The van der Waals surface area contributed by atoms with Crippen molar-refractivity contribution in [2.45, 2.75) is 56.3 Å². The largest absolute Gasteiger partial charge is 0.474 e. The minimum atomic E-state index is -4.17. The Morgan fingerprint density at radius 2 is 1.75 bits per heavy atom. The van der Waals surface area contributed by atoms with Gasteiger partial charge in [0.05, 0.1) is 16.6 Å². The van der Waals surface area contributed by atoms with E-state index in [4.69, 9.17) is 4.74 Å². The van der Waals surface area contributed by atoms with Crippen LogP contribution in [0.2, 0.25) is 0 Å². The highest BCUT2D eigenvalue weighted by atomic mass is 32.2. The van der Waals surface area contributed by atoms with Gasteiger partial charge in [-0.3, -0.25) is 4.79 Å². The number of pyridine rings is 1. The molecule has 1 amide bonds. The number of nitrogens with zero attached hydrogens (tertiary/aromatic N) is 1. The Kier molecular flexibility index (Phi) is 7.54. The van der Waals surface area contributed by atoms with E-state index in [1.165, 1.54) is 12.1 Å². The molecule has 3 aromatic rings. The molecule has 4 rings (SSSR count). The summed E-state index contributed by atoms with van der Waals surface area (Å²) in [6.07, 6.45) is -2.24. The summed E-state index contributed by atoms with van der Waals surface area (Å²) in [4.78, 5) is 17.2. The zero-order valence-corrected chi connectivity index (χ0v) is 20.5. The van der Waals surface area contributed by atoms with E-state index < -0.39 is 21.9 Å². The molecule has 6 nitrogen and oxygen atoms in total. The number of ether oxygens (including phenoxy) is 1. The van der Waals surface area contributed by atoms with Crippen LogP contribution in [-0.2, 0) is 16.4 Å². The highest BCUT2D eigenvalue weighted by Gasteiger charge is 2.41. The van der Waals surface area contributed by atoms with Crippen LogP contribution >= 0.6 is 0 Å². The quantitative estimate of drug-likeness (QED) is 0.447. The smallest absolute Gasteiger partial charge is 0.391 e. The van der Waals surface area contributed by atoms with Crippen LogP contribution in [0.25, 0.3) is 10.8 Å². The molecule has 0 radical (unpaired) electrons. The second-order valence-corrected chi connectivity index (χ2v) is 11.2. The zero-order chi connectivity index (χ0) is 25.9. The lowest BCUT2D eigenvalue weighted by Gasteiger charge is -2.30. The zero-order valence-electron chi connectivity index (χ0n) is 19.7. The van der Waals surface area contributed by atoms with Crippen LogP contribution < -0.4 is 10.1 Å². The number of aromatic nitrogens is 1. The van der Waals surface area contributed by atoms with E-state index in [2.05, 4.69) is 10.3 Å². The van der Waals surface area contributed by atoms with Crippen LogP contribution in [0.1, 0.15) is 48.5 Å². The maximum absolute atomic E-state index is 12.9. The Morgan fingerprint density at radius 1 is 1.06 bits per heavy atom. The Bertz CT molecular complexity index is 1330. The number of benzene rings is 2. The number of sulfone groups is 1. The van der Waals surface area contributed by atoms with Crippen molar-refractivity contribution in [2.75, 3.05) is 5.75 Å². The molecule has 1 aliphatic carbocycles. The molecule has 192 valence electrons. The molecule has 1 aliphatic rings. The van der Waals surface area contributed by atoms with Crippen molar-refractivity contribution in [2.24, 2.45) is 5.92 Å². The summed E-state index contributed by atoms with van der Waals surface area (Å²) in [5.74, 6) is -1.21. The van der Waals surface area contributed by atoms with Gasteiger partial charge in [0.1, 0.15) is 6.10 Å². The van der Waals surface area contributed by atoms with Gasteiger partial charge in [0.25, 0.3) is 5.91 Å². The monoisotopic (exact) mass is 520 g/mol. The fourth-order valence-electron chi connectivity index (χ4n) is 4.32. The molecule has 0 unspecified atom stereocenters. The van der Waals surface area contributed by atoms with Crippen molar-refractivity contribution >= 4 is 26.5 Å². The van der Waals surface area contributed by atoms with Gasteiger partial charge in [0, 0.05) is 23.7 Å². The maximum atomic E-state index is 12.9. The summed E-state index contributed by atoms with van der Waals surface area (Å²) >= 11 is 0. The highest BCUT2D eigenvalue weighted by molar-refractivity contribution is 7.91. The number of alkyl halides is 3. The molecule has 1 fully saturated rings. The fourth-order valence-corrected chi connectivity index (χ4v) is 5.20. The molecule has 1 heterocycles. The fraction of sp³-hybridized carbons (Fsp3) is 0.385. The van der Waals surface area contributed by atoms with Crippen molar-refractivity contribution in [3.05, 3.63) is 65.9 Å². The summed E-state index contributed by atoms with van der Waals surface area (Å²) in [5, 5.41) is 4.23. The number of nitrogens with one attached hydrogen (secondary N) is 1. The first-order valence-electron chi connectivity index (χ1n) is 11.8. The Morgan fingerprint density at radius 3 is 2.39 bits per heavy atom. The summed E-state index contributed by atoms with van der Waals surface area (Å²) in [6, 6.07) is 13.2. The average Bonchev–Trinajstić information content (AvgIpc) is 2.87. The number of carbonyl (C=O) groups is 1. The lowest BCUT2D eigenvalue weighted by molar-refractivity contribution is -0.185. The molecule has 1 saturated carbocycles. The van der Waals surface area contributed by atoms with Gasteiger partial charge in [0.2, 0.25) is 5.88 Å². The van der Waals surface area contributed by atoms with E-state index in [9.17, 15) is 26.4 Å². The van der Waals surface area contributed by atoms with Crippen molar-refractivity contribution < 1.29 is 31.1 Å². The van der Waals surface area contributed by atoms with Crippen LogP contribution in [-0.4, -0.2) is 37.3 Å². The second-order valence-electron chi connectivity index (χ2n) is 8.92. The van der Waals surface area contributed by atoms with Crippen molar-refractivity contribution in [3.8, 4) is 5.88 Å². The second kappa shape index (κ2) is 10.5. The molecular formula is C26H27F3N2O4S. The molecule has 1 N–H and O–H groups in total. The van der Waals surface area contributed by atoms with E-state index >= 15 is 0 Å². The Hall–Kier alpha value is -3.14. The predicted molar refractivity (Wildman–Crippen MR) is 130 cm³/mol. The van der Waals surface area contributed by atoms with E-state index in [-0.39, 0.29) is 42.0 Å². The molecule has 1 aromatic heterocycles. The lowest BCUT2D eigenvalue weighted by Crippen LogP contribution is -2.32. The normalized spacial score (nSPS) is 18.7. The highest BCUT2D eigenvalue weighted by Crippen LogP contribution is 2.39. The predicted octanol–water partition coefficient (Wildman–Crippen LogP) is 5.46. The standard InChI is InChI=1S/C26H27F3N2O4S/c1-2-36(33,34)22-10-3-17(4-11-22)16-31-24(32)19-5-12-23-18(15-19)13-14-30-25(23)35-21-8-6-20(7-9-21)26(27,28)29/h3-5,10-15,20-21H,2,6-9,16H2,1H3,(H,31,32)/t20-,21+. The summed E-state index contributed by atoms with van der Waals surface area (Å²) < 4.78 is 68.6. The summed E-state index contributed by atoms with van der Waals surface area (Å²) in [5.41, 5.74) is 1.19. The average molecular weight is 521 g/mol. The van der Waals surface area contributed by atoms with Crippen LogP contribution in [0.3, 0.4) is 0 Å². The number of carbonyl (C=O) groups excluding carboxylic acids is 1. The van der Waals surface area contributed by atoms with Gasteiger partial charge in [0.15, 0.2) is 9.84 Å². The first-order valence-corrected chi connectivity index (χ1v) is 13.4. The number of hydrogen-bond acceptors (Lipinski definition) is 5. The third-order valence-corrected chi connectivity index (χ3v) is 8.27. The van der Waals surface area contributed by atoms with Gasteiger partial charge in [-0.25, -0.2) is 13.4 Å². The minimum Gasteiger partial charge on any atom is -0.474 e. The number of halogens is 3. The van der Waals surface area contributed by atoms with Crippen molar-refractivity contribution in [1.82, 2.24) is 10.3 Å². The van der Waals surface area contributed by atoms with Crippen LogP contribution in [0, 0.1) is 5.92 Å². The van der Waals surface area contributed by atoms with E-state index in [0.717, 1.165) is 10.9 Å². The molecule has 0 saturated heterocycles. The third-order valence-electron chi connectivity index (χ3n) is 6.52. The van der Waals surface area contributed by atoms with E-state index in [1.54, 1.807) is 49.5 Å². The Balaban J connectivity index is 1.40. The van der Waals surface area contributed by atoms with Crippen molar-refractivity contribution in [3.63, 3.8) is 0 Å². The number of rotatable bonds is 7. The van der Waals surface area contributed by atoms with Gasteiger partial charge in [-0.2, -0.15) is 13.2 Å². The van der Waals surface area contributed by atoms with Crippen molar-refractivity contribution in [1.29, 1.82) is 0 Å². The number of hydrogen-bond donors (Lipinski definition) is 1. The molecule has 0 aliphatic heterocycles. The first kappa shape index (κ1) is 25.9. The van der Waals surface area contributed by atoms with Crippen LogP contribution in [0.5, 0.6) is 5.88 Å². The topological polar surface area (TPSA) is 85.4 Å². The molecule has 0 spiro atoms. The lowest BCUT2D eigenvalue weighted by atomic mass is 9.87. The number of amides is 1. The Labute approximate surface area is 207 Å². The van der Waals surface area contributed by atoms with Gasteiger partial charge < -0.3 is 10.1 Å². The van der Waals surface area contributed by atoms with Crippen LogP contribution in [0.15, 0.2) is 59.6 Å². The van der Waals surface area contributed by atoms with Gasteiger partial charge >= 0.3 is 6.18 Å². The molecule has 36 heavy (non-hydrogen) atoms. The molecule has 0 bridgehead atoms. The van der Waals surface area contributed by atoms with Gasteiger partial charge in [-0.15, -0.1) is 0 Å². The van der Waals surface area contributed by atoms with Gasteiger partial charge in [-0.05, 0) is 73.0 Å². The van der Waals surface area contributed by atoms with Crippen LogP contribution in [0.4, 0.5) is 13.2 Å². The minimum absolute atomic E-state index is 0.0203. The first-order chi connectivity index (χ1) is 17.1. The maximum Gasteiger partial charge on any atom is 0.391 e. The molecule has 2 aromatic carbocycles.